The SMILES string of the molecule is C#CCOc1cc(Br)c(/C=C2/NC(=O)N(CC(=O)O)C2=O)cc1OC. The van der Waals surface area contributed by atoms with Crippen molar-refractivity contribution in [1.82, 2.24) is 10.2 Å². The molecule has 1 aliphatic heterocycles. The van der Waals surface area contributed by atoms with Gasteiger partial charge in [-0.05, 0) is 23.8 Å². The van der Waals surface area contributed by atoms with Crippen LogP contribution in [0.1, 0.15) is 5.56 Å². The van der Waals surface area contributed by atoms with Crippen molar-refractivity contribution >= 4 is 39.9 Å². The molecule has 0 radical (unpaired) electrons. The van der Waals surface area contributed by atoms with Crippen LogP contribution in [0, 0.1) is 12.3 Å². The summed E-state index contributed by atoms with van der Waals surface area (Å²) in [6.07, 6.45) is 6.56. The van der Waals surface area contributed by atoms with Gasteiger partial charge in [0.05, 0.1) is 7.11 Å². The fourth-order valence-corrected chi connectivity index (χ4v) is 2.50. The number of carboxylic acids is 1. The maximum Gasteiger partial charge on any atom is 0.329 e. The summed E-state index contributed by atoms with van der Waals surface area (Å²) in [5.74, 6) is 1.11. The molecule has 0 aliphatic carbocycles. The molecule has 0 saturated carbocycles. The van der Waals surface area contributed by atoms with E-state index in [1.807, 2.05) is 0 Å². The monoisotopic (exact) mass is 408 g/mol. The molecule has 0 unspecified atom stereocenters. The highest BCUT2D eigenvalue weighted by atomic mass is 79.9. The molecule has 9 heteroatoms. The Morgan fingerprint density at radius 3 is 2.76 bits per heavy atom. The molecular formula is C16H13BrN2O6. The summed E-state index contributed by atoms with van der Waals surface area (Å²) in [6.45, 7) is -0.659. The Kier molecular flexibility index (Phi) is 5.67. The minimum Gasteiger partial charge on any atom is -0.493 e. The molecule has 2 rings (SSSR count). The number of imide groups is 1. The Bertz CT molecular complexity index is 812. The Hall–Kier alpha value is -2.99. The molecule has 1 aromatic carbocycles. The Balaban J connectivity index is 2.35. The van der Waals surface area contributed by atoms with Gasteiger partial charge in [-0.1, -0.05) is 21.9 Å². The van der Waals surface area contributed by atoms with Crippen molar-refractivity contribution in [3.8, 4) is 23.8 Å². The Morgan fingerprint density at radius 2 is 2.16 bits per heavy atom. The number of urea groups is 1. The van der Waals surface area contributed by atoms with E-state index in [0.29, 0.717) is 26.4 Å². The topological polar surface area (TPSA) is 105 Å². The zero-order valence-corrected chi connectivity index (χ0v) is 14.6. The van der Waals surface area contributed by atoms with E-state index >= 15 is 0 Å². The molecule has 1 fully saturated rings. The van der Waals surface area contributed by atoms with Gasteiger partial charge in [-0.2, -0.15) is 0 Å². The first-order valence-electron chi connectivity index (χ1n) is 6.87. The molecule has 0 aromatic heterocycles. The predicted molar refractivity (Wildman–Crippen MR) is 90.9 cm³/mol. The normalized spacial score (nSPS) is 15.1. The number of halogens is 1. The summed E-state index contributed by atoms with van der Waals surface area (Å²) in [6, 6.07) is 2.40. The molecule has 1 aromatic rings. The number of rotatable bonds is 6. The molecular weight excluding hydrogens is 396 g/mol. The average molecular weight is 409 g/mol. The number of carboxylic acid groups (broad SMARTS) is 1. The molecule has 1 aliphatic rings. The van der Waals surface area contributed by atoms with Crippen molar-refractivity contribution in [3.63, 3.8) is 0 Å². The van der Waals surface area contributed by atoms with Crippen LogP contribution >= 0.6 is 15.9 Å². The summed E-state index contributed by atoms with van der Waals surface area (Å²) in [5.41, 5.74) is 0.469. The van der Waals surface area contributed by atoms with E-state index in [9.17, 15) is 14.4 Å². The van der Waals surface area contributed by atoms with Crippen molar-refractivity contribution in [1.29, 1.82) is 0 Å². The van der Waals surface area contributed by atoms with Gasteiger partial charge in [0.2, 0.25) is 0 Å². The van der Waals surface area contributed by atoms with E-state index in [4.69, 9.17) is 21.0 Å². The lowest BCUT2D eigenvalue weighted by molar-refractivity contribution is -0.140. The van der Waals surface area contributed by atoms with Crippen molar-refractivity contribution in [2.75, 3.05) is 20.3 Å². The van der Waals surface area contributed by atoms with Gasteiger partial charge >= 0.3 is 12.0 Å². The molecule has 1 saturated heterocycles. The van der Waals surface area contributed by atoms with E-state index < -0.39 is 24.5 Å². The van der Waals surface area contributed by atoms with Crippen molar-refractivity contribution in [2.45, 2.75) is 0 Å². The standard InChI is InChI=1S/C16H13BrN2O6/c1-3-4-25-13-7-10(17)9(6-12(13)24-2)5-11-15(22)19(8-14(20)21)16(23)18-11/h1,5-7H,4,8H2,2H3,(H,18,23)(H,20,21)/b11-5+. The molecule has 1 heterocycles. The predicted octanol–water partition coefficient (Wildman–Crippen LogP) is 1.45. The van der Waals surface area contributed by atoms with Crippen LogP contribution in [0.15, 0.2) is 22.3 Å². The number of hydrogen-bond donors (Lipinski definition) is 2. The molecule has 8 nitrogen and oxygen atoms in total. The van der Waals surface area contributed by atoms with Crippen LogP contribution in [0.25, 0.3) is 6.08 Å². The molecule has 0 bridgehead atoms. The molecule has 0 spiro atoms. The highest BCUT2D eigenvalue weighted by molar-refractivity contribution is 9.10. The third-order valence-electron chi connectivity index (χ3n) is 3.15. The third-order valence-corrected chi connectivity index (χ3v) is 3.84. The second-order valence-corrected chi connectivity index (χ2v) is 5.64. The number of hydrogen-bond acceptors (Lipinski definition) is 5. The highest BCUT2D eigenvalue weighted by Gasteiger charge is 2.35. The fourth-order valence-electron chi connectivity index (χ4n) is 2.06. The quantitative estimate of drug-likeness (QED) is 0.419. The van der Waals surface area contributed by atoms with Gasteiger partial charge in [-0.25, -0.2) is 9.69 Å². The zero-order chi connectivity index (χ0) is 18.6. The first-order valence-corrected chi connectivity index (χ1v) is 7.66. The average Bonchev–Trinajstić information content (AvgIpc) is 2.82. The summed E-state index contributed by atoms with van der Waals surface area (Å²) in [4.78, 5) is 35.2. The van der Waals surface area contributed by atoms with Gasteiger partial charge in [-0.15, -0.1) is 6.42 Å². The number of ether oxygens (including phenoxy) is 2. The van der Waals surface area contributed by atoms with Crippen LogP contribution in [0.5, 0.6) is 11.5 Å². The van der Waals surface area contributed by atoms with Crippen molar-refractivity contribution in [2.24, 2.45) is 0 Å². The first-order chi connectivity index (χ1) is 11.9. The van der Waals surface area contributed by atoms with E-state index in [-0.39, 0.29) is 12.3 Å². The number of carbonyl (C=O) groups is 3. The fraction of sp³-hybridized carbons (Fsp3) is 0.188. The Morgan fingerprint density at radius 1 is 1.44 bits per heavy atom. The zero-order valence-electron chi connectivity index (χ0n) is 13.0. The lowest BCUT2D eigenvalue weighted by atomic mass is 10.1. The number of terminal acetylenes is 1. The number of benzene rings is 1. The number of nitrogens with one attached hydrogen (secondary N) is 1. The minimum atomic E-state index is -1.29. The number of methoxy groups -OCH3 is 1. The molecule has 3 amide bonds. The van der Waals surface area contributed by atoms with Crippen LogP contribution in [0.3, 0.4) is 0 Å². The molecule has 0 atom stereocenters. The van der Waals surface area contributed by atoms with Gasteiger partial charge < -0.3 is 19.9 Å². The number of amides is 3. The first kappa shape index (κ1) is 18.4. The van der Waals surface area contributed by atoms with Crippen molar-refractivity contribution in [3.05, 3.63) is 27.9 Å². The maximum absolute atomic E-state index is 12.1. The number of carbonyl (C=O) groups excluding carboxylic acids is 2. The van der Waals surface area contributed by atoms with E-state index in [1.165, 1.54) is 13.2 Å². The largest absolute Gasteiger partial charge is 0.493 e. The van der Waals surface area contributed by atoms with Crippen LogP contribution in [-0.4, -0.2) is 48.2 Å². The van der Waals surface area contributed by atoms with Gasteiger partial charge in [0.1, 0.15) is 18.8 Å². The number of aliphatic carboxylic acids is 1. The van der Waals surface area contributed by atoms with Gasteiger partial charge in [0.15, 0.2) is 11.5 Å². The third kappa shape index (κ3) is 4.10. The lowest BCUT2D eigenvalue weighted by Gasteiger charge is -2.11. The van der Waals surface area contributed by atoms with E-state index in [1.54, 1.807) is 12.1 Å². The van der Waals surface area contributed by atoms with E-state index in [2.05, 4.69) is 27.2 Å². The molecule has 130 valence electrons. The Labute approximate surface area is 151 Å². The second-order valence-electron chi connectivity index (χ2n) is 4.79. The van der Waals surface area contributed by atoms with Crippen LogP contribution < -0.4 is 14.8 Å². The summed E-state index contributed by atoms with van der Waals surface area (Å²) in [7, 11) is 1.44. The summed E-state index contributed by atoms with van der Waals surface area (Å²) < 4.78 is 11.1. The summed E-state index contributed by atoms with van der Waals surface area (Å²) >= 11 is 3.34. The lowest BCUT2D eigenvalue weighted by Crippen LogP contribution is -2.35. The van der Waals surface area contributed by atoms with Crippen molar-refractivity contribution < 1.29 is 29.0 Å². The van der Waals surface area contributed by atoms with Gasteiger partial charge in [0, 0.05) is 4.47 Å². The minimum absolute atomic E-state index is 0.0497. The summed E-state index contributed by atoms with van der Waals surface area (Å²) in [5, 5.41) is 11.1. The highest BCUT2D eigenvalue weighted by Crippen LogP contribution is 2.34. The van der Waals surface area contributed by atoms with Gasteiger partial charge in [-0.3, -0.25) is 9.59 Å². The molecule has 25 heavy (non-hydrogen) atoms. The van der Waals surface area contributed by atoms with Gasteiger partial charge in [0.25, 0.3) is 5.91 Å². The van der Waals surface area contributed by atoms with Crippen LogP contribution in [-0.2, 0) is 9.59 Å². The maximum atomic E-state index is 12.1. The number of nitrogens with zero attached hydrogens (tertiary/aromatic N) is 1. The molecule has 2 N–H and O–H groups in total. The second kappa shape index (κ2) is 7.72. The van der Waals surface area contributed by atoms with Crippen LogP contribution in [0.4, 0.5) is 4.79 Å². The van der Waals surface area contributed by atoms with E-state index in [0.717, 1.165) is 0 Å². The smallest absolute Gasteiger partial charge is 0.329 e. The van der Waals surface area contributed by atoms with Crippen LogP contribution in [0.2, 0.25) is 0 Å².